The van der Waals surface area contributed by atoms with Crippen LogP contribution < -0.4 is 10.6 Å². The third kappa shape index (κ3) is 5.42. The van der Waals surface area contributed by atoms with Gasteiger partial charge in [-0.2, -0.15) is 8.42 Å². The molecule has 2 aromatic carbocycles. The van der Waals surface area contributed by atoms with Gasteiger partial charge in [0.25, 0.3) is 10.0 Å². The maximum atomic E-state index is 12.3. The number of carbonyl (C=O) groups excluding carboxylic acids is 1. The molecule has 2 N–H and O–H groups in total. The number of nitrogens with one attached hydrogen (secondary N) is 2. The van der Waals surface area contributed by atoms with Crippen molar-refractivity contribution in [2.75, 3.05) is 11.9 Å². The summed E-state index contributed by atoms with van der Waals surface area (Å²) >= 11 is 0. The van der Waals surface area contributed by atoms with Crippen LogP contribution in [0.2, 0.25) is 0 Å². The summed E-state index contributed by atoms with van der Waals surface area (Å²) in [5.41, 5.74) is 1.79. The van der Waals surface area contributed by atoms with E-state index in [1.165, 1.54) is 11.6 Å². The molecule has 0 radical (unpaired) electrons. The van der Waals surface area contributed by atoms with E-state index in [0.29, 0.717) is 30.9 Å². The fraction of sp³-hybridized carbons (Fsp3) is 0.333. The van der Waals surface area contributed by atoms with Crippen molar-refractivity contribution < 1.29 is 13.2 Å². The Balaban J connectivity index is 1.44. The van der Waals surface area contributed by atoms with Gasteiger partial charge in [-0.15, -0.1) is 4.40 Å². The molecule has 3 rings (SSSR count). The van der Waals surface area contributed by atoms with Crippen molar-refractivity contribution in [1.29, 1.82) is 0 Å². The molecule has 0 saturated carbocycles. The minimum atomic E-state index is -3.68. The number of carbonyl (C=O) groups is 1. The topological polar surface area (TPSA) is 87.6 Å². The zero-order chi connectivity index (χ0) is 20.0. The summed E-state index contributed by atoms with van der Waals surface area (Å²) in [5, 5.41) is 6.00. The van der Waals surface area contributed by atoms with E-state index in [1.807, 2.05) is 25.1 Å². The van der Waals surface area contributed by atoms with E-state index >= 15 is 0 Å². The van der Waals surface area contributed by atoms with Gasteiger partial charge in [0, 0.05) is 19.4 Å². The van der Waals surface area contributed by atoms with Gasteiger partial charge < -0.3 is 10.6 Å². The molecule has 1 aliphatic heterocycles. The van der Waals surface area contributed by atoms with E-state index in [9.17, 15) is 13.2 Å². The van der Waals surface area contributed by atoms with Crippen LogP contribution in [0.5, 0.6) is 0 Å². The first-order valence-corrected chi connectivity index (χ1v) is 10.9. The van der Waals surface area contributed by atoms with Gasteiger partial charge in [-0.05, 0) is 36.5 Å². The van der Waals surface area contributed by atoms with E-state index in [0.717, 1.165) is 12.8 Å². The Hall–Kier alpha value is -2.67. The molecule has 148 valence electrons. The van der Waals surface area contributed by atoms with Crippen LogP contribution in [0.15, 0.2) is 63.9 Å². The molecule has 0 aliphatic carbocycles. The van der Waals surface area contributed by atoms with Crippen LogP contribution in [0.25, 0.3) is 0 Å². The highest BCUT2D eigenvalue weighted by Gasteiger charge is 2.25. The molecular weight excluding hydrogens is 374 g/mol. The van der Waals surface area contributed by atoms with Crippen LogP contribution in [0.1, 0.15) is 31.7 Å². The summed E-state index contributed by atoms with van der Waals surface area (Å²) in [6, 6.07) is 16.9. The number of hydrogen-bond acceptors (Lipinski definition) is 4. The van der Waals surface area contributed by atoms with Gasteiger partial charge >= 0.3 is 0 Å². The molecule has 0 spiro atoms. The standard InChI is InChI=1S/C21H25N3O3S/c1-16(15-21(25)22-13-7-10-17-8-3-2-4-9-17)14-20-23-18-11-5-6-12-19(18)28(26,27)24-20/h2-6,8-9,11-12,16H,7,10,13-15H2,1H3,(H,22,25)(H,23,24)/t16-/m0/s1. The van der Waals surface area contributed by atoms with Crippen molar-refractivity contribution in [2.45, 2.75) is 37.5 Å². The number of hydrogen-bond donors (Lipinski definition) is 2. The van der Waals surface area contributed by atoms with Crippen LogP contribution in [0, 0.1) is 5.92 Å². The van der Waals surface area contributed by atoms with Crippen LogP contribution in [-0.2, 0) is 21.2 Å². The van der Waals surface area contributed by atoms with Crippen LogP contribution >= 0.6 is 0 Å². The number of anilines is 1. The maximum absolute atomic E-state index is 12.3. The van der Waals surface area contributed by atoms with Gasteiger partial charge in [0.1, 0.15) is 10.7 Å². The van der Waals surface area contributed by atoms with Gasteiger partial charge in [-0.3, -0.25) is 4.79 Å². The van der Waals surface area contributed by atoms with E-state index < -0.39 is 10.0 Å². The third-order valence-corrected chi connectivity index (χ3v) is 5.93. The highest BCUT2D eigenvalue weighted by Crippen LogP contribution is 2.28. The summed E-state index contributed by atoms with van der Waals surface area (Å²) in [5.74, 6) is 0.323. The van der Waals surface area contributed by atoms with Gasteiger partial charge in [0.2, 0.25) is 5.91 Å². The zero-order valence-corrected chi connectivity index (χ0v) is 16.7. The van der Waals surface area contributed by atoms with Crippen molar-refractivity contribution in [3.8, 4) is 0 Å². The van der Waals surface area contributed by atoms with E-state index in [4.69, 9.17) is 0 Å². The van der Waals surface area contributed by atoms with Crippen molar-refractivity contribution in [3.05, 3.63) is 60.2 Å². The minimum absolute atomic E-state index is 0.0270. The number of aryl methyl sites for hydroxylation is 1. The van der Waals surface area contributed by atoms with Crippen LogP contribution in [0.4, 0.5) is 5.69 Å². The summed E-state index contributed by atoms with van der Waals surface area (Å²) in [6.07, 6.45) is 2.53. The second-order valence-electron chi connectivity index (χ2n) is 7.09. The fourth-order valence-corrected chi connectivity index (χ4v) is 4.37. The molecule has 1 atom stereocenters. The monoisotopic (exact) mass is 399 g/mol. The molecule has 1 aliphatic rings. The molecule has 0 fully saturated rings. The fourth-order valence-electron chi connectivity index (χ4n) is 3.21. The highest BCUT2D eigenvalue weighted by molar-refractivity contribution is 7.90. The predicted molar refractivity (Wildman–Crippen MR) is 111 cm³/mol. The lowest BCUT2D eigenvalue weighted by Crippen LogP contribution is -2.28. The SMILES string of the molecule is C[C@H](CC(=O)NCCCc1ccccc1)CC1=NS(=O)(=O)c2ccccc2N1. The smallest absolute Gasteiger partial charge is 0.286 e. The number of sulfonamides is 1. The molecule has 0 aromatic heterocycles. The Morgan fingerprint density at radius 1 is 1.11 bits per heavy atom. The molecule has 2 aromatic rings. The number of para-hydroxylation sites is 1. The quantitative estimate of drug-likeness (QED) is 0.666. The largest absolute Gasteiger partial charge is 0.356 e. The Morgan fingerprint density at radius 3 is 2.61 bits per heavy atom. The lowest BCUT2D eigenvalue weighted by Gasteiger charge is -2.20. The average Bonchev–Trinajstić information content (AvgIpc) is 2.65. The second kappa shape index (κ2) is 9.01. The summed E-state index contributed by atoms with van der Waals surface area (Å²) in [7, 11) is -3.68. The molecule has 6 nitrogen and oxygen atoms in total. The van der Waals surface area contributed by atoms with Gasteiger partial charge in [-0.25, -0.2) is 0 Å². The molecule has 1 amide bonds. The molecule has 7 heteroatoms. The first-order chi connectivity index (χ1) is 13.4. The van der Waals surface area contributed by atoms with E-state index in [-0.39, 0.29) is 16.7 Å². The molecule has 0 bridgehead atoms. The molecule has 0 unspecified atom stereocenters. The Morgan fingerprint density at radius 2 is 1.82 bits per heavy atom. The first-order valence-electron chi connectivity index (χ1n) is 9.44. The number of nitrogens with zero attached hydrogens (tertiary/aromatic N) is 1. The van der Waals surface area contributed by atoms with Crippen molar-refractivity contribution in [2.24, 2.45) is 10.3 Å². The third-order valence-electron chi connectivity index (χ3n) is 4.56. The van der Waals surface area contributed by atoms with Crippen molar-refractivity contribution in [3.63, 3.8) is 0 Å². The molecule has 28 heavy (non-hydrogen) atoms. The average molecular weight is 400 g/mol. The lowest BCUT2D eigenvalue weighted by molar-refractivity contribution is -0.121. The Kier molecular flexibility index (Phi) is 6.46. The summed E-state index contributed by atoms with van der Waals surface area (Å²) in [6.45, 7) is 2.54. The highest BCUT2D eigenvalue weighted by atomic mass is 32.2. The lowest BCUT2D eigenvalue weighted by atomic mass is 10.0. The second-order valence-corrected chi connectivity index (χ2v) is 8.66. The van der Waals surface area contributed by atoms with E-state index in [1.54, 1.807) is 18.2 Å². The normalized spacial score (nSPS) is 15.7. The van der Waals surface area contributed by atoms with Crippen LogP contribution in [0.3, 0.4) is 0 Å². The molecular formula is C21H25N3O3S. The van der Waals surface area contributed by atoms with Gasteiger partial charge in [-0.1, -0.05) is 49.4 Å². The van der Waals surface area contributed by atoms with Gasteiger partial charge in [0.15, 0.2) is 0 Å². The Labute approximate surface area is 166 Å². The summed E-state index contributed by atoms with van der Waals surface area (Å²) < 4.78 is 28.4. The summed E-state index contributed by atoms with van der Waals surface area (Å²) in [4.78, 5) is 12.3. The zero-order valence-electron chi connectivity index (χ0n) is 15.9. The number of amides is 1. The Bertz CT molecular complexity index is 956. The minimum Gasteiger partial charge on any atom is -0.356 e. The maximum Gasteiger partial charge on any atom is 0.286 e. The molecule has 1 heterocycles. The van der Waals surface area contributed by atoms with Crippen molar-refractivity contribution in [1.82, 2.24) is 5.32 Å². The van der Waals surface area contributed by atoms with Gasteiger partial charge in [0.05, 0.1) is 5.69 Å². The first kappa shape index (κ1) is 20.1. The van der Waals surface area contributed by atoms with Crippen molar-refractivity contribution >= 4 is 27.5 Å². The number of fused-ring (bicyclic) bond motifs is 1. The molecule has 0 saturated heterocycles. The van der Waals surface area contributed by atoms with Crippen LogP contribution in [-0.4, -0.2) is 26.7 Å². The number of rotatable bonds is 8. The predicted octanol–water partition coefficient (Wildman–Crippen LogP) is 3.36. The number of amidine groups is 1. The number of benzene rings is 2. The van der Waals surface area contributed by atoms with E-state index in [2.05, 4.69) is 27.2 Å².